The van der Waals surface area contributed by atoms with E-state index in [1.54, 1.807) is 35.4 Å². The molecule has 1 atom stereocenters. The van der Waals surface area contributed by atoms with Crippen molar-refractivity contribution in [3.8, 4) is 5.69 Å². The van der Waals surface area contributed by atoms with Gasteiger partial charge in [-0.05, 0) is 43.2 Å². The van der Waals surface area contributed by atoms with Crippen LogP contribution in [0.25, 0.3) is 16.7 Å². The van der Waals surface area contributed by atoms with Crippen molar-refractivity contribution in [2.24, 2.45) is 0 Å². The van der Waals surface area contributed by atoms with Gasteiger partial charge >= 0.3 is 0 Å². The molecule has 11 heteroatoms. The van der Waals surface area contributed by atoms with Gasteiger partial charge in [-0.15, -0.1) is 10.2 Å². The Hall–Kier alpha value is -3.30. The van der Waals surface area contributed by atoms with E-state index in [9.17, 15) is 4.79 Å². The van der Waals surface area contributed by atoms with Gasteiger partial charge in [-0.2, -0.15) is 0 Å². The molecular weight excluding hydrogens is 453 g/mol. The predicted molar refractivity (Wildman–Crippen MR) is 123 cm³/mol. The van der Waals surface area contributed by atoms with E-state index in [0.29, 0.717) is 33.1 Å². The molecule has 32 heavy (non-hydrogen) atoms. The lowest BCUT2D eigenvalue weighted by atomic mass is 10.1. The molecule has 3 N–H and O–H groups in total. The van der Waals surface area contributed by atoms with E-state index < -0.39 is 0 Å². The number of anilines is 2. The molecule has 1 aliphatic heterocycles. The van der Waals surface area contributed by atoms with Crippen molar-refractivity contribution < 1.29 is 9.32 Å². The number of nitrogens with zero attached hydrogens (tertiary/aromatic N) is 5. The molecule has 0 radical (unpaired) electrons. The summed E-state index contributed by atoms with van der Waals surface area (Å²) in [6.07, 6.45) is 3.90. The number of halogens is 2. The van der Waals surface area contributed by atoms with Gasteiger partial charge < -0.3 is 20.5 Å². The molecule has 164 valence electrons. The van der Waals surface area contributed by atoms with Crippen molar-refractivity contribution in [2.45, 2.75) is 19.4 Å². The van der Waals surface area contributed by atoms with Gasteiger partial charge in [0.25, 0.3) is 5.91 Å². The summed E-state index contributed by atoms with van der Waals surface area (Å²) < 4.78 is 7.17. The number of aryl methyl sites for hydroxylation is 1. The first-order valence-corrected chi connectivity index (χ1v) is 10.7. The van der Waals surface area contributed by atoms with Crippen LogP contribution in [-0.4, -0.2) is 45.0 Å². The van der Waals surface area contributed by atoms with E-state index in [-0.39, 0.29) is 17.8 Å². The summed E-state index contributed by atoms with van der Waals surface area (Å²) >= 11 is 12.8. The molecule has 9 nitrogen and oxygen atoms in total. The second-order valence-corrected chi connectivity index (χ2v) is 8.52. The molecular formula is C21H19Cl2N7O2. The molecule has 1 unspecified atom stereocenters. The van der Waals surface area contributed by atoms with Crippen molar-refractivity contribution >= 4 is 51.6 Å². The minimum absolute atomic E-state index is 0.0533. The van der Waals surface area contributed by atoms with Crippen LogP contribution in [0, 0.1) is 6.92 Å². The van der Waals surface area contributed by atoms with E-state index in [4.69, 9.17) is 33.5 Å². The maximum atomic E-state index is 12.9. The first-order chi connectivity index (χ1) is 15.4. The molecule has 0 bridgehead atoms. The number of hydrogen-bond donors (Lipinski definition) is 2. The molecule has 1 saturated heterocycles. The SMILES string of the molecule is Cc1cc(N2CCC(NC(=O)c3ccc(-n4cnnc4)cc3Cl)C2)c2onc(N)c2c1Cl. The summed E-state index contributed by atoms with van der Waals surface area (Å²) in [6, 6.07) is 7.11. The molecule has 0 saturated carbocycles. The monoisotopic (exact) mass is 471 g/mol. The van der Waals surface area contributed by atoms with Crippen molar-refractivity contribution in [1.29, 1.82) is 0 Å². The van der Waals surface area contributed by atoms with Crippen LogP contribution in [0.5, 0.6) is 0 Å². The topological polar surface area (TPSA) is 115 Å². The van der Waals surface area contributed by atoms with Gasteiger partial charge in [-0.3, -0.25) is 9.36 Å². The van der Waals surface area contributed by atoms with Crippen molar-refractivity contribution in [3.05, 3.63) is 58.1 Å². The number of rotatable bonds is 4. The van der Waals surface area contributed by atoms with E-state index >= 15 is 0 Å². The zero-order valence-corrected chi connectivity index (χ0v) is 18.6. The fourth-order valence-electron chi connectivity index (χ4n) is 4.00. The summed E-state index contributed by atoms with van der Waals surface area (Å²) in [7, 11) is 0. The number of amides is 1. The maximum Gasteiger partial charge on any atom is 0.253 e. The lowest BCUT2D eigenvalue weighted by Crippen LogP contribution is -2.37. The number of nitrogens with one attached hydrogen (secondary N) is 1. The Balaban J connectivity index is 1.32. The van der Waals surface area contributed by atoms with Crippen molar-refractivity contribution in [3.63, 3.8) is 0 Å². The van der Waals surface area contributed by atoms with Gasteiger partial charge in [-0.1, -0.05) is 28.4 Å². The summed E-state index contributed by atoms with van der Waals surface area (Å²) in [5.74, 6) is 0.0436. The average Bonchev–Trinajstić information content (AvgIpc) is 3.52. The van der Waals surface area contributed by atoms with E-state index in [2.05, 4.69) is 25.6 Å². The number of nitrogen functional groups attached to an aromatic ring is 1. The Morgan fingerprint density at radius 1 is 1.25 bits per heavy atom. The van der Waals surface area contributed by atoms with Crippen LogP contribution in [0.4, 0.5) is 11.5 Å². The Morgan fingerprint density at radius 2 is 2.03 bits per heavy atom. The zero-order chi connectivity index (χ0) is 22.4. The normalized spacial score (nSPS) is 16.1. The van der Waals surface area contributed by atoms with Gasteiger partial charge in [0.15, 0.2) is 11.4 Å². The van der Waals surface area contributed by atoms with Gasteiger partial charge in [0.2, 0.25) is 0 Å². The van der Waals surface area contributed by atoms with E-state index in [0.717, 1.165) is 29.9 Å². The fourth-order valence-corrected chi connectivity index (χ4v) is 4.50. The van der Waals surface area contributed by atoms with Crippen LogP contribution in [0.1, 0.15) is 22.3 Å². The Morgan fingerprint density at radius 3 is 2.78 bits per heavy atom. The van der Waals surface area contributed by atoms with Crippen LogP contribution >= 0.6 is 23.2 Å². The molecule has 2 aromatic carbocycles. The second kappa shape index (κ2) is 7.99. The largest absolute Gasteiger partial charge is 0.380 e. The van der Waals surface area contributed by atoms with E-state index in [1.807, 2.05) is 13.0 Å². The van der Waals surface area contributed by atoms with Crippen LogP contribution < -0.4 is 16.0 Å². The minimum atomic E-state index is -0.224. The van der Waals surface area contributed by atoms with Crippen LogP contribution in [0.3, 0.4) is 0 Å². The number of nitrogens with two attached hydrogens (primary N) is 1. The number of benzene rings is 2. The summed E-state index contributed by atoms with van der Waals surface area (Å²) in [5, 5.41) is 16.0. The van der Waals surface area contributed by atoms with Gasteiger partial charge in [0.1, 0.15) is 12.7 Å². The number of carbonyl (C=O) groups excluding carboxylic acids is 1. The quantitative estimate of drug-likeness (QED) is 0.466. The number of fused-ring (bicyclic) bond motifs is 1. The molecule has 3 heterocycles. The third-order valence-electron chi connectivity index (χ3n) is 5.65. The third kappa shape index (κ3) is 3.53. The average molecular weight is 472 g/mol. The summed E-state index contributed by atoms with van der Waals surface area (Å²) in [5.41, 5.74) is 9.43. The van der Waals surface area contributed by atoms with Crippen LogP contribution in [0.2, 0.25) is 10.0 Å². The van der Waals surface area contributed by atoms with Gasteiger partial charge in [0.05, 0.1) is 26.7 Å². The van der Waals surface area contributed by atoms with E-state index in [1.165, 1.54) is 0 Å². The Kier molecular flexibility index (Phi) is 5.15. The Bertz CT molecular complexity index is 1320. The van der Waals surface area contributed by atoms with Gasteiger partial charge in [0, 0.05) is 24.8 Å². The molecule has 4 aromatic rings. The van der Waals surface area contributed by atoms with Crippen molar-refractivity contribution in [2.75, 3.05) is 23.7 Å². The van der Waals surface area contributed by atoms with Crippen LogP contribution in [-0.2, 0) is 0 Å². The molecule has 1 fully saturated rings. The summed E-state index contributed by atoms with van der Waals surface area (Å²) in [6.45, 7) is 3.26. The molecule has 0 aliphatic carbocycles. The number of carbonyl (C=O) groups is 1. The van der Waals surface area contributed by atoms with Crippen LogP contribution in [0.15, 0.2) is 41.4 Å². The highest BCUT2D eigenvalue weighted by molar-refractivity contribution is 6.37. The highest BCUT2D eigenvalue weighted by atomic mass is 35.5. The minimum Gasteiger partial charge on any atom is -0.380 e. The zero-order valence-electron chi connectivity index (χ0n) is 17.0. The second-order valence-electron chi connectivity index (χ2n) is 7.74. The predicted octanol–water partition coefficient (Wildman–Crippen LogP) is 3.61. The maximum absolute atomic E-state index is 12.9. The first kappa shape index (κ1) is 20.6. The molecule has 5 rings (SSSR count). The Labute approximate surface area is 193 Å². The summed E-state index contributed by atoms with van der Waals surface area (Å²) in [4.78, 5) is 15.0. The van der Waals surface area contributed by atoms with Gasteiger partial charge in [-0.25, -0.2) is 0 Å². The molecule has 2 aromatic heterocycles. The number of hydrogen-bond acceptors (Lipinski definition) is 7. The van der Waals surface area contributed by atoms with Crippen molar-refractivity contribution in [1.82, 2.24) is 25.2 Å². The smallest absolute Gasteiger partial charge is 0.253 e. The highest BCUT2D eigenvalue weighted by Crippen LogP contribution is 2.39. The fraction of sp³-hybridized carbons (Fsp3) is 0.238. The highest BCUT2D eigenvalue weighted by Gasteiger charge is 2.28. The molecule has 1 amide bonds. The molecule has 1 aliphatic rings. The standard InChI is InChI=1S/C21H19Cl2N7O2/c1-11-6-16(19-17(18(11)23)20(24)28-32-19)29-5-4-12(8-29)27-21(31)14-3-2-13(7-15(14)22)30-9-25-26-10-30/h2-3,6-7,9-10,12H,4-5,8H2,1H3,(H2,24,28)(H,27,31). The lowest BCUT2D eigenvalue weighted by molar-refractivity contribution is 0.0940. The number of aromatic nitrogens is 4. The first-order valence-electron chi connectivity index (χ1n) is 9.96. The third-order valence-corrected chi connectivity index (χ3v) is 6.45. The lowest BCUT2D eigenvalue weighted by Gasteiger charge is -2.20. The molecule has 0 spiro atoms.